The predicted octanol–water partition coefficient (Wildman–Crippen LogP) is 2.33. The van der Waals surface area contributed by atoms with Crippen molar-refractivity contribution in [1.29, 1.82) is 0 Å². The van der Waals surface area contributed by atoms with Crippen molar-refractivity contribution in [3.8, 4) is 0 Å². The second-order valence-electron chi connectivity index (χ2n) is 5.44. The molecule has 0 aliphatic rings. The highest BCUT2D eigenvalue weighted by Crippen LogP contribution is 2.20. The van der Waals surface area contributed by atoms with Crippen molar-refractivity contribution < 1.29 is 4.79 Å². The monoisotopic (exact) mass is 318 g/mol. The fourth-order valence-corrected chi connectivity index (χ4v) is 3.01. The van der Waals surface area contributed by atoms with Crippen LogP contribution in [0, 0.1) is 6.92 Å². The Labute approximate surface area is 135 Å². The second kappa shape index (κ2) is 7.47. The highest BCUT2D eigenvalue weighted by Gasteiger charge is 2.23. The van der Waals surface area contributed by atoms with E-state index in [9.17, 15) is 4.79 Å². The number of hydrogen-bond acceptors (Lipinski definition) is 5. The fraction of sp³-hybridized carbons (Fsp3) is 0.438. The molecule has 0 saturated carbocycles. The molecule has 1 atom stereocenters. The summed E-state index contributed by atoms with van der Waals surface area (Å²) < 4.78 is 0. The van der Waals surface area contributed by atoms with E-state index >= 15 is 0 Å². The number of likely N-dealkylation sites (N-methyl/N-ethyl adjacent to an activating group) is 1. The lowest BCUT2D eigenvalue weighted by molar-refractivity contribution is -0.125. The number of nitrogens with zero attached hydrogens (tertiary/aromatic N) is 3. The van der Waals surface area contributed by atoms with Gasteiger partial charge in [0.05, 0.1) is 6.54 Å². The average molecular weight is 318 g/mol. The largest absolute Gasteiger partial charge is 0.348 e. The zero-order chi connectivity index (χ0) is 16.1. The minimum Gasteiger partial charge on any atom is -0.348 e. The van der Waals surface area contributed by atoms with Gasteiger partial charge in [0.15, 0.2) is 0 Å². The van der Waals surface area contributed by atoms with Gasteiger partial charge in [-0.15, -0.1) is 10.2 Å². The van der Waals surface area contributed by atoms with Crippen molar-refractivity contribution in [3.63, 3.8) is 0 Å². The van der Waals surface area contributed by atoms with E-state index in [-0.39, 0.29) is 11.9 Å². The maximum absolute atomic E-state index is 12.5. The van der Waals surface area contributed by atoms with Gasteiger partial charge in [-0.1, -0.05) is 48.1 Å². The maximum Gasteiger partial charge on any atom is 0.242 e. The molecule has 118 valence electrons. The van der Waals surface area contributed by atoms with E-state index in [0.717, 1.165) is 27.6 Å². The van der Waals surface area contributed by atoms with Crippen molar-refractivity contribution in [3.05, 3.63) is 45.4 Å². The van der Waals surface area contributed by atoms with Crippen molar-refractivity contribution in [2.24, 2.45) is 0 Å². The van der Waals surface area contributed by atoms with E-state index < -0.39 is 0 Å². The third-order valence-corrected chi connectivity index (χ3v) is 4.42. The van der Waals surface area contributed by atoms with Gasteiger partial charge in [-0.3, -0.25) is 9.69 Å². The number of nitrogens with one attached hydrogen (secondary N) is 1. The van der Waals surface area contributed by atoms with E-state index in [1.807, 2.05) is 57.1 Å². The SMILES string of the molecule is CCc1nnc(CNC(=O)[C@H](c2cccc(C)c2)N(C)C)s1. The molecule has 0 aliphatic heterocycles. The number of carbonyl (C=O) groups is 1. The van der Waals surface area contributed by atoms with Gasteiger partial charge in [-0.2, -0.15) is 0 Å². The Morgan fingerprint density at radius 3 is 2.64 bits per heavy atom. The number of aromatic nitrogens is 2. The van der Waals surface area contributed by atoms with Crippen LogP contribution in [0.4, 0.5) is 0 Å². The van der Waals surface area contributed by atoms with E-state index in [0.29, 0.717) is 6.54 Å². The molecule has 0 spiro atoms. The number of aryl methyl sites for hydroxylation is 2. The maximum atomic E-state index is 12.5. The molecule has 1 amide bonds. The molecular formula is C16H22N4OS. The quantitative estimate of drug-likeness (QED) is 0.888. The zero-order valence-electron chi connectivity index (χ0n) is 13.5. The molecule has 0 fully saturated rings. The van der Waals surface area contributed by atoms with Crippen LogP contribution in [-0.2, 0) is 17.8 Å². The van der Waals surface area contributed by atoms with Crippen LogP contribution in [-0.4, -0.2) is 35.1 Å². The standard InChI is InChI=1S/C16H22N4OS/c1-5-13-18-19-14(22-13)10-17-16(21)15(20(3)4)12-8-6-7-11(2)9-12/h6-9,15H,5,10H2,1-4H3,(H,17,21)/t15-/m0/s1. The number of carbonyl (C=O) groups excluding carboxylic acids is 1. The minimum absolute atomic E-state index is 0.0242. The molecule has 1 heterocycles. The number of amides is 1. The van der Waals surface area contributed by atoms with Gasteiger partial charge in [-0.25, -0.2) is 0 Å². The Morgan fingerprint density at radius 1 is 1.32 bits per heavy atom. The molecule has 0 radical (unpaired) electrons. The molecule has 6 heteroatoms. The summed E-state index contributed by atoms with van der Waals surface area (Å²) in [6.07, 6.45) is 0.870. The minimum atomic E-state index is -0.307. The van der Waals surface area contributed by atoms with Crippen LogP contribution in [0.15, 0.2) is 24.3 Å². The summed E-state index contributed by atoms with van der Waals surface area (Å²) in [4.78, 5) is 14.5. The highest BCUT2D eigenvalue weighted by atomic mass is 32.1. The second-order valence-corrected chi connectivity index (χ2v) is 6.59. The Hall–Kier alpha value is -1.79. The topological polar surface area (TPSA) is 58.1 Å². The Kier molecular flexibility index (Phi) is 5.63. The number of hydrogen-bond donors (Lipinski definition) is 1. The molecule has 5 nitrogen and oxygen atoms in total. The summed E-state index contributed by atoms with van der Waals surface area (Å²) in [6.45, 7) is 4.50. The molecular weight excluding hydrogens is 296 g/mol. The zero-order valence-corrected chi connectivity index (χ0v) is 14.3. The molecule has 2 rings (SSSR count). The molecule has 1 aromatic carbocycles. The van der Waals surface area contributed by atoms with Gasteiger partial charge in [0.25, 0.3) is 0 Å². The van der Waals surface area contributed by atoms with Gasteiger partial charge in [-0.05, 0) is 33.0 Å². The van der Waals surface area contributed by atoms with Crippen molar-refractivity contribution in [2.75, 3.05) is 14.1 Å². The van der Waals surface area contributed by atoms with Crippen LogP contribution < -0.4 is 5.32 Å². The lowest BCUT2D eigenvalue weighted by atomic mass is 10.0. The molecule has 1 aromatic heterocycles. The first-order chi connectivity index (χ1) is 10.5. The van der Waals surface area contributed by atoms with Crippen LogP contribution in [0.2, 0.25) is 0 Å². The summed E-state index contributed by atoms with van der Waals surface area (Å²) in [5.41, 5.74) is 2.14. The normalized spacial score (nSPS) is 12.4. The summed E-state index contributed by atoms with van der Waals surface area (Å²) in [7, 11) is 3.82. The molecule has 1 N–H and O–H groups in total. The van der Waals surface area contributed by atoms with Gasteiger partial charge < -0.3 is 5.32 Å². The smallest absolute Gasteiger partial charge is 0.242 e. The molecule has 0 unspecified atom stereocenters. The highest BCUT2D eigenvalue weighted by molar-refractivity contribution is 7.11. The lowest BCUT2D eigenvalue weighted by Crippen LogP contribution is -2.36. The fourth-order valence-electron chi connectivity index (χ4n) is 2.29. The van der Waals surface area contributed by atoms with Gasteiger partial charge in [0, 0.05) is 0 Å². The van der Waals surface area contributed by atoms with Crippen molar-refractivity contribution in [2.45, 2.75) is 32.9 Å². The summed E-state index contributed by atoms with van der Waals surface area (Å²) in [6, 6.07) is 7.73. The first-order valence-electron chi connectivity index (χ1n) is 7.33. The molecule has 0 bridgehead atoms. The van der Waals surface area contributed by atoms with Gasteiger partial charge in [0.1, 0.15) is 16.1 Å². The third-order valence-electron chi connectivity index (χ3n) is 3.35. The number of benzene rings is 1. The van der Waals surface area contributed by atoms with Crippen LogP contribution in [0.5, 0.6) is 0 Å². The molecule has 22 heavy (non-hydrogen) atoms. The molecule has 0 saturated heterocycles. The Bertz CT molecular complexity index is 639. The predicted molar refractivity (Wildman–Crippen MR) is 88.7 cm³/mol. The summed E-state index contributed by atoms with van der Waals surface area (Å²) >= 11 is 1.54. The van der Waals surface area contributed by atoms with Gasteiger partial charge in [0.2, 0.25) is 5.91 Å². The molecule has 2 aromatic rings. The Morgan fingerprint density at radius 2 is 2.05 bits per heavy atom. The average Bonchev–Trinajstić information content (AvgIpc) is 2.93. The van der Waals surface area contributed by atoms with E-state index in [1.54, 1.807) is 11.3 Å². The van der Waals surface area contributed by atoms with Crippen molar-refractivity contribution in [1.82, 2.24) is 20.4 Å². The van der Waals surface area contributed by atoms with Gasteiger partial charge >= 0.3 is 0 Å². The first kappa shape index (κ1) is 16.6. The summed E-state index contributed by atoms with van der Waals surface area (Å²) in [5.74, 6) is -0.0242. The van der Waals surface area contributed by atoms with E-state index in [2.05, 4.69) is 15.5 Å². The van der Waals surface area contributed by atoms with E-state index in [4.69, 9.17) is 0 Å². The van der Waals surface area contributed by atoms with Crippen molar-refractivity contribution >= 4 is 17.2 Å². The van der Waals surface area contributed by atoms with Crippen LogP contribution in [0.25, 0.3) is 0 Å². The third kappa shape index (κ3) is 4.11. The van der Waals surface area contributed by atoms with E-state index in [1.165, 1.54) is 0 Å². The van der Waals surface area contributed by atoms with Crippen LogP contribution in [0.3, 0.4) is 0 Å². The molecule has 0 aliphatic carbocycles. The first-order valence-corrected chi connectivity index (χ1v) is 8.15. The Balaban J connectivity index is 2.07. The summed E-state index contributed by atoms with van der Waals surface area (Å²) in [5, 5.41) is 13.0. The van der Waals surface area contributed by atoms with Crippen LogP contribution >= 0.6 is 11.3 Å². The lowest BCUT2D eigenvalue weighted by Gasteiger charge is -2.24. The van der Waals surface area contributed by atoms with Crippen LogP contribution in [0.1, 0.15) is 34.1 Å². The number of rotatable bonds is 6.